The Labute approximate surface area is 79.6 Å². The Bertz CT molecular complexity index is 236. The molecule has 3 nitrogen and oxygen atoms in total. The van der Waals surface area contributed by atoms with Crippen molar-refractivity contribution < 1.29 is 0 Å². The summed E-state index contributed by atoms with van der Waals surface area (Å²) in [7, 11) is 0. The zero-order valence-corrected chi connectivity index (χ0v) is 8.03. The van der Waals surface area contributed by atoms with Crippen LogP contribution >= 0.6 is 0 Å². The van der Waals surface area contributed by atoms with Crippen LogP contribution in [0.1, 0.15) is 26.2 Å². The minimum atomic E-state index is 0.0590. The molecule has 2 atom stereocenters. The fourth-order valence-corrected chi connectivity index (χ4v) is 1.87. The predicted molar refractivity (Wildman–Crippen MR) is 49.6 cm³/mol. The molecule has 0 aromatic heterocycles. The van der Waals surface area contributed by atoms with Crippen LogP contribution in [-0.4, -0.2) is 24.0 Å². The van der Waals surface area contributed by atoms with Crippen LogP contribution < -0.4 is 0 Å². The third kappa shape index (κ3) is 2.44. The Morgan fingerprint density at radius 1 is 1.54 bits per heavy atom. The summed E-state index contributed by atoms with van der Waals surface area (Å²) in [6.45, 7) is 3.95. The molecule has 0 amide bonds. The largest absolute Gasteiger partial charge is 0.288 e. The number of nitriles is 2. The number of hydrogen-bond donors (Lipinski definition) is 0. The lowest BCUT2D eigenvalue weighted by Gasteiger charge is -2.19. The summed E-state index contributed by atoms with van der Waals surface area (Å²) in [5.41, 5.74) is 0. The molecule has 0 aliphatic carbocycles. The van der Waals surface area contributed by atoms with Crippen molar-refractivity contribution in [2.24, 2.45) is 5.92 Å². The smallest absolute Gasteiger partial charge is 0.0975 e. The molecule has 1 saturated heterocycles. The summed E-state index contributed by atoms with van der Waals surface area (Å²) in [5, 5.41) is 17.4. The van der Waals surface area contributed by atoms with Gasteiger partial charge in [0.05, 0.1) is 18.2 Å². The second-order valence-electron chi connectivity index (χ2n) is 3.57. The highest BCUT2D eigenvalue weighted by Crippen LogP contribution is 2.21. The summed E-state index contributed by atoms with van der Waals surface area (Å²) in [6, 6.07) is 4.55. The number of rotatable bonds is 3. The molecule has 1 fully saturated rings. The highest BCUT2D eigenvalue weighted by Gasteiger charge is 2.26. The van der Waals surface area contributed by atoms with Crippen LogP contribution in [0, 0.1) is 28.6 Å². The molecule has 0 N–H and O–H groups in total. The van der Waals surface area contributed by atoms with Crippen molar-refractivity contribution in [3.8, 4) is 12.1 Å². The van der Waals surface area contributed by atoms with E-state index in [9.17, 15) is 0 Å². The van der Waals surface area contributed by atoms with Gasteiger partial charge in [-0.15, -0.1) is 0 Å². The molecule has 1 aliphatic heterocycles. The van der Waals surface area contributed by atoms with Crippen molar-refractivity contribution in [3.05, 3.63) is 0 Å². The first-order valence-electron chi connectivity index (χ1n) is 4.82. The van der Waals surface area contributed by atoms with Crippen molar-refractivity contribution >= 4 is 0 Å². The SMILES string of the molecule is CCC(C#N)N1CCC(CC#N)C1. The number of nitrogens with zero attached hydrogens (tertiary/aromatic N) is 3. The normalized spacial score (nSPS) is 25.0. The number of hydrogen-bond acceptors (Lipinski definition) is 3. The van der Waals surface area contributed by atoms with Crippen molar-refractivity contribution in [2.75, 3.05) is 13.1 Å². The van der Waals surface area contributed by atoms with Gasteiger partial charge in [-0.2, -0.15) is 10.5 Å². The average molecular weight is 177 g/mol. The molecule has 1 rings (SSSR count). The van der Waals surface area contributed by atoms with Crippen molar-refractivity contribution in [2.45, 2.75) is 32.2 Å². The molecule has 1 heterocycles. The molecule has 0 radical (unpaired) electrons. The second-order valence-corrected chi connectivity index (χ2v) is 3.57. The highest BCUT2D eigenvalue weighted by atomic mass is 15.2. The Morgan fingerprint density at radius 2 is 2.31 bits per heavy atom. The van der Waals surface area contributed by atoms with E-state index in [-0.39, 0.29) is 6.04 Å². The maximum atomic E-state index is 8.85. The minimum absolute atomic E-state index is 0.0590. The lowest BCUT2D eigenvalue weighted by Crippen LogP contribution is -2.31. The van der Waals surface area contributed by atoms with E-state index in [1.807, 2.05) is 6.92 Å². The lowest BCUT2D eigenvalue weighted by atomic mass is 10.1. The Hall–Kier alpha value is -1.06. The van der Waals surface area contributed by atoms with Crippen LogP contribution in [0.5, 0.6) is 0 Å². The summed E-state index contributed by atoms with van der Waals surface area (Å²) >= 11 is 0. The summed E-state index contributed by atoms with van der Waals surface area (Å²) < 4.78 is 0. The van der Waals surface area contributed by atoms with Gasteiger partial charge in [0.2, 0.25) is 0 Å². The second kappa shape index (κ2) is 4.84. The topological polar surface area (TPSA) is 50.8 Å². The van der Waals surface area contributed by atoms with E-state index in [1.54, 1.807) is 0 Å². The monoisotopic (exact) mass is 177 g/mol. The summed E-state index contributed by atoms with van der Waals surface area (Å²) in [6.07, 6.45) is 2.60. The first kappa shape index (κ1) is 10.0. The predicted octanol–water partition coefficient (Wildman–Crippen LogP) is 1.52. The van der Waals surface area contributed by atoms with Gasteiger partial charge in [-0.3, -0.25) is 4.90 Å². The van der Waals surface area contributed by atoms with E-state index in [2.05, 4.69) is 17.0 Å². The van der Waals surface area contributed by atoms with Gasteiger partial charge in [0, 0.05) is 13.0 Å². The fourth-order valence-electron chi connectivity index (χ4n) is 1.87. The van der Waals surface area contributed by atoms with Crippen LogP contribution in [0.25, 0.3) is 0 Å². The molecule has 0 saturated carbocycles. The summed E-state index contributed by atoms with van der Waals surface area (Å²) in [4.78, 5) is 2.20. The summed E-state index contributed by atoms with van der Waals surface area (Å²) in [5.74, 6) is 0.493. The first-order chi connectivity index (χ1) is 6.31. The molecule has 13 heavy (non-hydrogen) atoms. The maximum Gasteiger partial charge on any atom is 0.0975 e. The van der Waals surface area contributed by atoms with Crippen LogP contribution in [0.4, 0.5) is 0 Å². The van der Waals surface area contributed by atoms with Crippen molar-refractivity contribution in [1.29, 1.82) is 10.5 Å². The third-order valence-corrected chi connectivity index (χ3v) is 2.67. The maximum absolute atomic E-state index is 8.85. The standard InChI is InChI=1S/C10H15N3/c1-2-10(7-12)13-6-4-9(8-13)3-5-11/h9-10H,2-4,6,8H2,1H3. The van der Waals surface area contributed by atoms with E-state index in [0.29, 0.717) is 12.3 Å². The molecular formula is C10H15N3. The molecule has 3 heteroatoms. The molecule has 0 bridgehead atoms. The molecule has 1 aliphatic rings. The Balaban J connectivity index is 2.41. The minimum Gasteiger partial charge on any atom is -0.288 e. The Morgan fingerprint density at radius 3 is 2.85 bits per heavy atom. The van der Waals surface area contributed by atoms with Crippen LogP contribution in [0.3, 0.4) is 0 Å². The van der Waals surface area contributed by atoms with E-state index in [1.165, 1.54) is 0 Å². The van der Waals surface area contributed by atoms with Crippen LogP contribution in [0.15, 0.2) is 0 Å². The fraction of sp³-hybridized carbons (Fsp3) is 0.800. The highest BCUT2D eigenvalue weighted by molar-refractivity contribution is 4.95. The van der Waals surface area contributed by atoms with E-state index < -0.39 is 0 Å². The molecule has 2 unspecified atom stereocenters. The van der Waals surface area contributed by atoms with Gasteiger partial charge in [-0.1, -0.05) is 6.92 Å². The van der Waals surface area contributed by atoms with Crippen molar-refractivity contribution in [3.63, 3.8) is 0 Å². The Kier molecular flexibility index (Phi) is 3.73. The molecule has 0 aromatic rings. The van der Waals surface area contributed by atoms with Crippen LogP contribution in [-0.2, 0) is 0 Å². The zero-order chi connectivity index (χ0) is 9.68. The molecule has 0 aromatic carbocycles. The van der Waals surface area contributed by atoms with E-state index >= 15 is 0 Å². The van der Waals surface area contributed by atoms with Gasteiger partial charge in [0.15, 0.2) is 0 Å². The van der Waals surface area contributed by atoms with Crippen molar-refractivity contribution in [1.82, 2.24) is 4.90 Å². The number of likely N-dealkylation sites (tertiary alicyclic amines) is 1. The van der Waals surface area contributed by atoms with Crippen LogP contribution in [0.2, 0.25) is 0 Å². The molecule has 70 valence electrons. The van der Waals surface area contributed by atoms with Gasteiger partial charge in [0.1, 0.15) is 0 Å². The third-order valence-electron chi connectivity index (χ3n) is 2.67. The van der Waals surface area contributed by atoms with Gasteiger partial charge in [-0.05, 0) is 25.3 Å². The van der Waals surface area contributed by atoms with Gasteiger partial charge >= 0.3 is 0 Å². The van der Waals surface area contributed by atoms with Gasteiger partial charge in [0.25, 0.3) is 0 Å². The lowest BCUT2D eigenvalue weighted by molar-refractivity contribution is 0.273. The molecular weight excluding hydrogens is 162 g/mol. The van der Waals surface area contributed by atoms with Gasteiger partial charge < -0.3 is 0 Å². The molecule has 0 spiro atoms. The zero-order valence-electron chi connectivity index (χ0n) is 8.03. The van der Waals surface area contributed by atoms with Gasteiger partial charge in [-0.25, -0.2) is 0 Å². The quantitative estimate of drug-likeness (QED) is 0.656. The first-order valence-corrected chi connectivity index (χ1v) is 4.82. The average Bonchev–Trinajstić information content (AvgIpc) is 2.56. The van der Waals surface area contributed by atoms with E-state index in [0.717, 1.165) is 25.9 Å². The van der Waals surface area contributed by atoms with E-state index in [4.69, 9.17) is 10.5 Å².